The van der Waals surface area contributed by atoms with Gasteiger partial charge >= 0.3 is 7.82 Å². The minimum atomic E-state index is -4.36. The number of phosphoric acid groups is 1. The van der Waals surface area contributed by atoms with Crippen LogP contribution in [0.1, 0.15) is 50.5 Å². The van der Waals surface area contributed by atoms with Crippen LogP contribution in [0.3, 0.4) is 0 Å². The van der Waals surface area contributed by atoms with Crippen molar-refractivity contribution in [3.05, 3.63) is 0 Å². The Hall–Kier alpha value is -0.520. The molecular formula is C17H34NO7P. The maximum atomic E-state index is 12.1. The molecule has 0 heterocycles. The van der Waals surface area contributed by atoms with Crippen LogP contribution in [-0.2, 0) is 27.8 Å². The minimum absolute atomic E-state index is 0.0399. The smallest absolute Gasteiger partial charge is 0.381 e. The summed E-state index contributed by atoms with van der Waals surface area (Å²) in [7, 11) is -4.36. The summed E-state index contributed by atoms with van der Waals surface area (Å²) in [4.78, 5) is 9.84. The van der Waals surface area contributed by atoms with Crippen LogP contribution in [0.4, 0.5) is 0 Å². The van der Waals surface area contributed by atoms with Gasteiger partial charge in [0.2, 0.25) is 0 Å². The van der Waals surface area contributed by atoms with E-state index in [1.165, 1.54) is 0 Å². The molecule has 0 aliphatic rings. The van der Waals surface area contributed by atoms with E-state index < -0.39 is 13.2 Å². The van der Waals surface area contributed by atoms with Crippen LogP contribution >= 0.6 is 7.82 Å². The van der Waals surface area contributed by atoms with Crippen molar-refractivity contribution in [1.82, 2.24) is 0 Å². The fourth-order valence-corrected chi connectivity index (χ4v) is 2.72. The van der Waals surface area contributed by atoms with Crippen LogP contribution < -0.4 is 0 Å². The lowest BCUT2D eigenvalue weighted by molar-refractivity contribution is -0.0917. The van der Waals surface area contributed by atoms with Crippen molar-refractivity contribution in [2.75, 3.05) is 52.9 Å². The maximum Gasteiger partial charge on any atom is 0.472 e. The van der Waals surface area contributed by atoms with Crippen molar-refractivity contribution in [1.29, 1.82) is 5.26 Å². The van der Waals surface area contributed by atoms with Crippen LogP contribution in [0.5, 0.6) is 0 Å². The molecule has 1 unspecified atom stereocenters. The Morgan fingerprint density at radius 2 is 1.42 bits per heavy atom. The lowest BCUT2D eigenvalue weighted by Gasteiger charge is -2.33. The van der Waals surface area contributed by atoms with Gasteiger partial charge in [0.05, 0.1) is 50.9 Å². The Balaban J connectivity index is 5.04. The molecule has 0 aliphatic carbocycles. The third-order valence-corrected chi connectivity index (χ3v) is 4.06. The van der Waals surface area contributed by atoms with Crippen LogP contribution in [0, 0.1) is 16.7 Å². The van der Waals surface area contributed by atoms with Gasteiger partial charge < -0.3 is 19.1 Å². The largest absolute Gasteiger partial charge is 0.472 e. The average Bonchev–Trinajstić information content (AvgIpc) is 2.70. The van der Waals surface area contributed by atoms with E-state index in [0.29, 0.717) is 39.1 Å². The highest BCUT2D eigenvalue weighted by atomic mass is 31.2. The van der Waals surface area contributed by atoms with E-state index in [1.54, 1.807) is 0 Å². The molecule has 1 N–H and O–H groups in total. The van der Waals surface area contributed by atoms with Gasteiger partial charge in [-0.15, -0.1) is 0 Å². The van der Waals surface area contributed by atoms with Gasteiger partial charge in [-0.25, -0.2) is 4.57 Å². The Bertz CT molecular complexity index is 451. The zero-order valence-electron chi connectivity index (χ0n) is 18.4. The molecule has 8 nitrogen and oxygen atoms in total. The average molecular weight is 398 g/mol. The van der Waals surface area contributed by atoms with Gasteiger partial charge in [0, 0.05) is 23.9 Å². The SMILES string of the molecule is [2H]CCCOCC(COCCC[2H])(COCCC[2H])COP(=O)(O)OCCC#N. The van der Waals surface area contributed by atoms with Gasteiger partial charge in [-0.05, 0) is 19.3 Å². The highest BCUT2D eigenvalue weighted by molar-refractivity contribution is 7.47. The van der Waals surface area contributed by atoms with Gasteiger partial charge in [-0.1, -0.05) is 20.7 Å². The molecular weight excluding hydrogens is 361 g/mol. The van der Waals surface area contributed by atoms with Crippen molar-refractivity contribution in [3.8, 4) is 6.07 Å². The highest BCUT2D eigenvalue weighted by Gasteiger charge is 2.36. The van der Waals surface area contributed by atoms with Gasteiger partial charge in [0.15, 0.2) is 0 Å². The fraction of sp³-hybridized carbons (Fsp3) is 0.941. The van der Waals surface area contributed by atoms with Crippen molar-refractivity contribution >= 4 is 7.82 Å². The topological polar surface area (TPSA) is 107 Å². The van der Waals surface area contributed by atoms with E-state index in [4.69, 9.17) is 32.6 Å². The second-order valence-electron chi connectivity index (χ2n) is 5.70. The molecule has 0 saturated carbocycles. The molecule has 0 rings (SSSR count). The number of ether oxygens (including phenoxy) is 3. The van der Waals surface area contributed by atoms with Crippen LogP contribution in [0.15, 0.2) is 0 Å². The van der Waals surface area contributed by atoms with Gasteiger partial charge in [0.1, 0.15) is 0 Å². The van der Waals surface area contributed by atoms with Gasteiger partial charge in [0.25, 0.3) is 0 Å². The number of hydrogen-bond acceptors (Lipinski definition) is 7. The van der Waals surface area contributed by atoms with E-state index in [2.05, 4.69) is 0 Å². The molecule has 0 spiro atoms. The van der Waals surface area contributed by atoms with E-state index in [-0.39, 0.29) is 60.2 Å². The highest BCUT2D eigenvalue weighted by Crippen LogP contribution is 2.45. The summed E-state index contributed by atoms with van der Waals surface area (Å²) in [5.41, 5.74) is -0.900. The Morgan fingerprint density at radius 1 is 0.923 bits per heavy atom. The number of hydrogen-bond donors (Lipinski definition) is 1. The zero-order chi connectivity index (χ0) is 21.8. The first kappa shape index (κ1) is 20.2. The predicted octanol–water partition coefficient (Wildman–Crippen LogP) is 3.30. The maximum absolute atomic E-state index is 12.1. The summed E-state index contributed by atoms with van der Waals surface area (Å²) in [6.07, 6.45) is 1.60. The van der Waals surface area contributed by atoms with E-state index >= 15 is 0 Å². The summed E-state index contributed by atoms with van der Waals surface area (Å²) >= 11 is 0. The van der Waals surface area contributed by atoms with E-state index in [0.717, 1.165) is 0 Å². The molecule has 0 aromatic carbocycles. The molecule has 0 amide bonds. The van der Waals surface area contributed by atoms with Crippen LogP contribution in [-0.4, -0.2) is 57.7 Å². The molecule has 0 aromatic rings. The first-order valence-corrected chi connectivity index (χ1v) is 10.0. The number of phosphoric ester groups is 1. The molecule has 0 saturated heterocycles. The molecule has 1 atom stereocenters. The van der Waals surface area contributed by atoms with Gasteiger partial charge in [-0.2, -0.15) is 5.26 Å². The summed E-state index contributed by atoms with van der Waals surface area (Å²) in [6.45, 7) is 1.60. The summed E-state index contributed by atoms with van der Waals surface area (Å²) in [5.74, 6) is 0. The van der Waals surface area contributed by atoms with E-state index in [1.807, 2.05) is 6.07 Å². The summed E-state index contributed by atoms with van der Waals surface area (Å²) in [5, 5.41) is 8.51. The summed E-state index contributed by atoms with van der Waals surface area (Å²) in [6, 6.07) is 1.81. The standard InChI is InChI=1S/C17H34NO7P/c1-4-9-21-13-17(14-22-10-5-2,15-23-11-6-3)16-25-26(19,20)24-12-7-8-18/h4-7,9-16H2,1-3H3,(H,19,20)/i1D,2D,3D. The summed E-state index contributed by atoms with van der Waals surface area (Å²) < 4.78 is 60.4. The Morgan fingerprint density at radius 3 is 1.85 bits per heavy atom. The molecule has 0 aromatic heterocycles. The lowest BCUT2D eigenvalue weighted by Crippen LogP contribution is -2.41. The van der Waals surface area contributed by atoms with Crippen LogP contribution in [0.2, 0.25) is 0 Å². The Labute approximate surface area is 161 Å². The Kier molecular flexibility index (Phi) is 12.1. The predicted molar refractivity (Wildman–Crippen MR) is 97.7 cm³/mol. The molecule has 0 radical (unpaired) electrons. The van der Waals surface area contributed by atoms with Crippen LogP contribution in [0.25, 0.3) is 0 Å². The zero-order valence-corrected chi connectivity index (χ0v) is 16.3. The van der Waals surface area contributed by atoms with Crippen molar-refractivity contribution in [3.63, 3.8) is 0 Å². The normalized spacial score (nSPS) is 15.6. The second-order valence-corrected chi connectivity index (χ2v) is 7.16. The molecule has 0 bridgehead atoms. The lowest BCUT2D eigenvalue weighted by atomic mass is 9.92. The van der Waals surface area contributed by atoms with Gasteiger partial charge in [-0.3, -0.25) is 9.05 Å². The minimum Gasteiger partial charge on any atom is -0.381 e. The molecule has 9 heteroatoms. The third kappa shape index (κ3) is 12.8. The number of nitrogens with zero attached hydrogens (tertiary/aromatic N) is 1. The second kappa shape index (κ2) is 15.5. The first-order chi connectivity index (χ1) is 13.9. The molecule has 154 valence electrons. The number of rotatable bonds is 18. The van der Waals surface area contributed by atoms with Crippen molar-refractivity contribution < 1.29 is 36.8 Å². The first-order valence-electron chi connectivity index (χ1n) is 10.7. The van der Waals surface area contributed by atoms with Crippen molar-refractivity contribution in [2.45, 2.75) is 46.4 Å². The molecule has 0 aliphatic heterocycles. The van der Waals surface area contributed by atoms with Crippen molar-refractivity contribution in [2.24, 2.45) is 5.41 Å². The molecule has 26 heavy (non-hydrogen) atoms. The fourth-order valence-electron chi connectivity index (χ4n) is 1.88. The van der Waals surface area contributed by atoms with E-state index in [9.17, 15) is 9.46 Å². The monoisotopic (exact) mass is 398 g/mol. The quantitative estimate of drug-likeness (QED) is 0.277. The number of nitriles is 1. The molecule has 0 fully saturated rings. The third-order valence-electron chi connectivity index (χ3n) is 3.09.